The van der Waals surface area contributed by atoms with E-state index in [1.54, 1.807) is 17.1 Å². The molecular weight excluding hydrogens is 292 g/mol. The molecular formula is C17H16N4O2. The average molecular weight is 308 g/mol. The lowest BCUT2D eigenvalue weighted by atomic mass is 10.1. The number of hydrogen-bond acceptors (Lipinski definition) is 4. The van der Waals surface area contributed by atoms with Gasteiger partial charge in [0, 0.05) is 18.5 Å². The minimum Gasteiger partial charge on any atom is -0.361 e. The van der Waals surface area contributed by atoms with Crippen molar-refractivity contribution in [1.29, 1.82) is 0 Å². The molecule has 0 bridgehead atoms. The number of benzene rings is 1. The fourth-order valence-corrected chi connectivity index (χ4v) is 2.93. The summed E-state index contributed by atoms with van der Waals surface area (Å²) in [4.78, 5) is 14.6. The number of carbonyl (C=O) groups excluding carboxylic acids is 1. The molecule has 0 fully saturated rings. The summed E-state index contributed by atoms with van der Waals surface area (Å²) in [6, 6.07) is 9.81. The highest BCUT2D eigenvalue weighted by Gasteiger charge is 2.26. The smallest absolute Gasteiger partial charge is 0.257 e. The Balaban J connectivity index is 1.62. The van der Waals surface area contributed by atoms with E-state index >= 15 is 0 Å². The summed E-state index contributed by atoms with van der Waals surface area (Å²) in [5.74, 6) is 0.877. The SMILES string of the molecule is Cc1c(C(=O)N2CCc3oncc3C2)cnn1-c1ccccc1. The second-order valence-corrected chi connectivity index (χ2v) is 5.64. The van der Waals surface area contributed by atoms with Crippen molar-refractivity contribution in [1.82, 2.24) is 19.8 Å². The fourth-order valence-electron chi connectivity index (χ4n) is 2.93. The zero-order valence-corrected chi connectivity index (χ0v) is 12.8. The van der Waals surface area contributed by atoms with E-state index < -0.39 is 0 Å². The Morgan fingerprint density at radius 3 is 2.87 bits per heavy atom. The number of nitrogens with zero attached hydrogens (tertiary/aromatic N) is 4. The van der Waals surface area contributed by atoms with Crippen molar-refractivity contribution in [2.45, 2.75) is 19.9 Å². The maximum atomic E-state index is 12.8. The molecule has 0 spiro atoms. The molecule has 23 heavy (non-hydrogen) atoms. The van der Waals surface area contributed by atoms with Gasteiger partial charge in [-0.15, -0.1) is 0 Å². The van der Waals surface area contributed by atoms with Gasteiger partial charge < -0.3 is 9.42 Å². The molecule has 6 heteroatoms. The first-order chi connectivity index (χ1) is 11.2. The lowest BCUT2D eigenvalue weighted by Gasteiger charge is -2.25. The number of fused-ring (bicyclic) bond motifs is 1. The van der Waals surface area contributed by atoms with Crippen LogP contribution < -0.4 is 0 Å². The van der Waals surface area contributed by atoms with Gasteiger partial charge in [0.15, 0.2) is 0 Å². The average Bonchev–Trinajstić information content (AvgIpc) is 3.20. The molecule has 0 unspecified atom stereocenters. The maximum Gasteiger partial charge on any atom is 0.257 e. The standard InChI is InChI=1S/C17H16N4O2/c1-12-15(10-18-21(12)14-5-3-2-4-6-14)17(22)20-8-7-16-13(11-20)9-19-23-16/h2-6,9-10H,7-8,11H2,1H3. The maximum absolute atomic E-state index is 12.8. The summed E-state index contributed by atoms with van der Waals surface area (Å²) in [5.41, 5.74) is 3.41. The van der Waals surface area contributed by atoms with E-state index in [0.29, 0.717) is 25.1 Å². The van der Waals surface area contributed by atoms with Gasteiger partial charge in [-0.05, 0) is 19.1 Å². The molecule has 6 nitrogen and oxygen atoms in total. The quantitative estimate of drug-likeness (QED) is 0.729. The highest BCUT2D eigenvalue weighted by Crippen LogP contribution is 2.22. The van der Waals surface area contributed by atoms with Crippen LogP contribution in [0.2, 0.25) is 0 Å². The van der Waals surface area contributed by atoms with E-state index in [4.69, 9.17) is 4.52 Å². The van der Waals surface area contributed by atoms with Crippen molar-refractivity contribution >= 4 is 5.91 Å². The summed E-state index contributed by atoms with van der Waals surface area (Å²) in [5, 5.41) is 8.18. The Hall–Kier alpha value is -2.89. The molecule has 1 aromatic carbocycles. The normalized spacial score (nSPS) is 13.9. The monoisotopic (exact) mass is 308 g/mol. The predicted octanol–water partition coefficient (Wildman–Crippen LogP) is 2.37. The largest absolute Gasteiger partial charge is 0.361 e. The third kappa shape index (κ3) is 2.32. The minimum atomic E-state index is -0.00321. The van der Waals surface area contributed by atoms with Crippen LogP contribution >= 0.6 is 0 Å². The first-order valence-electron chi connectivity index (χ1n) is 7.56. The van der Waals surface area contributed by atoms with Gasteiger partial charge in [0.25, 0.3) is 5.91 Å². The van der Waals surface area contributed by atoms with Crippen molar-refractivity contribution in [2.24, 2.45) is 0 Å². The molecule has 0 saturated heterocycles. The number of para-hydroxylation sites is 1. The first kappa shape index (κ1) is 13.8. The highest BCUT2D eigenvalue weighted by molar-refractivity contribution is 5.95. The van der Waals surface area contributed by atoms with Gasteiger partial charge in [-0.1, -0.05) is 23.4 Å². The third-order valence-electron chi connectivity index (χ3n) is 4.23. The van der Waals surface area contributed by atoms with Gasteiger partial charge in [0.1, 0.15) is 5.76 Å². The van der Waals surface area contributed by atoms with E-state index in [-0.39, 0.29) is 5.91 Å². The highest BCUT2D eigenvalue weighted by atomic mass is 16.5. The molecule has 1 amide bonds. The van der Waals surface area contributed by atoms with E-state index in [0.717, 1.165) is 22.7 Å². The second-order valence-electron chi connectivity index (χ2n) is 5.64. The molecule has 0 radical (unpaired) electrons. The fraction of sp³-hybridized carbons (Fsp3) is 0.235. The van der Waals surface area contributed by atoms with Gasteiger partial charge in [-0.2, -0.15) is 5.10 Å². The summed E-state index contributed by atoms with van der Waals surface area (Å²) in [6.07, 6.45) is 4.04. The predicted molar refractivity (Wildman–Crippen MR) is 83.2 cm³/mol. The van der Waals surface area contributed by atoms with Crippen molar-refractivity contribution in [2.75, 3.05) is 6.54 Å². The summed E-state index contributed by atoms with van der Waals surface area (Å²) in [7, 11) is 0. The van der Waals surface area contributed by atoms with E-state index in [1.165, 1.54) is 0 Å². The lowest BCUT2D eigenvalue weighted by molar-refractivity contribution is 0.0728. The Bertz CT molecular complexity index is 851. The van der Waals surface area contributed by atoms with Crippen LogP contribution in [0.5, 0.6) is 0 Å². The molecule has 1 aliphatic rings. The Labute approximate surface area is 133 Å². The van der Waals surface area contributed by atoms with Crippen molar-refractivity contribution in [3.05, 3.63) is 65.3 Å². The van der Waals surface area contributed by atoms with Crippen LogP contribution in [0.3, 0.4) is 0 Å². The molecule has 0 saturated carbocycles. The lowest BCUT2D eigenvalue weighted by Crippen LogP contribution is -2.35. The van der Waals surface area contributed by atoms with Gasteiger partial charge >= 0.3 is 0 Å². The number of aromatic nitrogens is 3. The molecule has 4 rings (SSSR count). The van der Waals surface area contributed by atoms with Crippen LogP contribution in [-0.4, -0.2) is 32.3 Å². The number of rotatable bonds is 2. The molecule has 1 aliphatic heterocycles. The van der Waals surface area contributed by atoms with Gasteiger partial charge in [-0.3, -0.25) is 4.79 Å². The van der Waals surface area contributed by atoms with E-state index in [9.17, 15) is 4.79 Å². The number of carbonyl (C=O) groups is 1. The zero-order chi connectivity index (χ0) is 15.8. The second kappa shape index (κ2) is 5.39. The van der Waals surface area contributed by atoms with Gasteiger partial charge in [0.2, 0.25) is 0 Å². The van der Waals surface area contributed by atoms with Crippen LogP contribution in [0.1, 0.15) is 27.4 Å². The Kier molecular flexibility index (Phi) is 3.22. The van der Waals surface area contributed by atoms with Crippen LogP contribution in [0.15, 0.2) is 47.2 Å². The van der Waals surface area contributed by atoms with Crippen LogP contribution in [0.4, 0.5) is 0 Å². The molecule has 0 N–H and O–H groups in total. The topological polar surface area (TPSA) is 64.2 Å². The van der Waals surface area contributed by atoms with Crippen LogP contribution in [0.25, 0.3) is 5.69 Å². The van der Waals surface area contributed by atoms with Crippen LogP contribution in [0, 0.1) is 6.92 Å². The minimum absolute atomic E-state index is 0.00321. The van der Waals surface area contributed by atoms with Gasteiger partial charge in [-0.25, -0.2) is 4.68 Å². The molecule has 0 atom stereocenters. The molecule has 3 heterocycles. The van der Waals surface area contributed by atoms with Crippen LogP contribution in [-0.2, 0) is 13.0 Å². The third-order valence-corrected chi connectivity index (χ3v) is 4.23. The molecule has 2 aromatic heterocycles. The summed E-state index contributed by atoms with van der Waals surface area (Å²) in [6.45, 7) is 3.09. The number of amides is 1. The Morgan fingerprint density at radius 2 is 2.04 bits per heavy atom. The number of hydrogen-bond donors (Lipinski definition) is 0. The first-order valence-corrected chi connectivity index (χ1v) is 7.56. The summed E-state index contributed by atoms with van der Waals surface area (Å²) >= 11 is 0. The van der Waals surface area contributed by atoms with Crippen molar-refractivity contribution in [3.8, 4) is 5.69 Å². The molecule has 0 aliphatic carbocycles. The van der Waals surface area contributed by atoms with E-state index in [2.05, 4.69) is 10.3 Å². The van der Waals surface area contributed by atoms with Crippen molar-refractivity contribution in [3.63, 3.8) is 0 Å². The molecule has 3 aromatic rings. The Morgan fingerprint density at radius 1 is 1.22 bits per heavy atom. The molecule has 116 valence electrons. The zero-order valence-electron chi connectivity index (χ0n) is 12.8. The summed E-state index contributed by atoms with van der Waals surface area (Å²) < 4.78 is 6.96. The van der Waals surface area contributed by atoms with Gasteiger partial charge in [0.05, 0.1) is 35.9 Å². The van der Waals surface area contributed by atoms with E-state index in [1.807, 2.05) is 42.2 Å². The van der Waals surface area contributed by atoms with Crippen molar-refractivity contribution < 1.29 is 9.32 Å².